The first kappa shape index (κ1) is 23.2. The summed E-state index contributed by atoms with van der Waals surface area (Å²) >= 11 is 0. The average molecular weight is 481 g/mol. The van der Waals surface area contributed by atoms with Crippen LogP contribution in [-0.4, -0.2) is 22.7 Å². The van der Waals surface area contributed by atoms with Crippen LogP contribution in [0.4, 0.5) is 0 Å². The van der Waals surface area contributed by atoms with Gasteiger partial charge in [0.1, 0.15) is 12.4 Å². The second-order valence-electron chi connectivity index (χ2n) is 9.11. The van der Waals surface area contributed by atoms with Crippen LogP contribution >= 0.6 is 0 Å². The van der Waals surface area contributed by atoms with Crippen LogP contribution in [-0.2, 0) is 25.7 Å². The average Bonchev–Trinajstić information content (AvgIpc) is 3.28. The molecule has 1 fully saturated rings. The molecule has 180 valence electrons. The molecule has 0 radical (unpaired) electrons. The first-order valence-corrected chi connectivity index (χ1v) is 11.6. The summed E-state index contributed by atoms with van der Waals surface area (Å²) in [5.74, 6) is -3.76. The summed E-state index contributed by atoms with van der Waals surface area (Å²) in [6, 6.07) is 24.4. The molecule has 1 aliphatic rings. The SMILES string of the molecule is CC1(C)OC(=O)C([C@@H](c2ccc(OCc3ccccc3C#N)cc2)c2c[nH]c3ccccc23)C(=O)O1. The fourth-order valence-electron chi connectivity index (χ4n) is 4.59. The van der Waals surface area contributed by atoms with Crippen molar-refractivity contribution in [1.29, 1.82) is 5.26 Å². The number of hydrogen-bond acceptors (Lipinski definition) is 6. The number of ether oxygens (including phenoxy) is 3. The molecule has 1 N–H and O–H groups in total. The minimum atomic E-state index is -1.31. The number of H-pyrrole nitrogens is 1. The Labute approximate surface area is 208 Å². The van der Waals surface area contributed by atoms with Gasteiger partial charge in [0.15, 0.2) is 5.92 Å². The fraction of sp³-hybridized carbons (Fsp3) is 0.207. The van der Waals surface area contributed by atoms with Gasteiger partial charge in [-0.25, -0.2) is 0 Å². The van der Waals surface area contributed by atoms with Crippen LogP contribution in [0.15, 0.2) is 79.0 Å². The summed E-state index contributed by atoms with van der Waals surface area (Å²) in [5.41, 5.74) is 3.78. The maximum Gasteiger partial charge on any atom is 0.324 e. The molecule has 1 aliphatic heterocycles. The lowest BCUT2D eigenvalue weighted by atomic mass is 9.80. The van der Waals surface area contributed by atoms with Crippen LogP contribution in [0.3, 0.4) is 0 Å². The van der Waals surface area contributed by atoms with Gasteiger partial charge in [-0.3, -0.25) is 9.59 Å². The van der Waals surface area contributed by atoms with Crippen molar-refractivity contribution in [2.45, 2.75) is 32.2 Å². The van der Waals surface area contributed by atoms with Crippen molar-refractivity contribution < 1.29 is 23.8 Å². The minimum Gasteiger partial charge on any atom is -0.489 e. The molecular formula is C29H24N2O5. The van der Waals surface area contributed by atoms with E-state index >= 15 is 0 Å². The van der Waals surface area contributed by atoms with Crippen molar-refractivity contribution in [3.05, 3.63) is 101 Å². The standard InChI is InChI=1S/C29H24N2O5/c1-29(2)35-27(32)26(28(33)36-29)25(23-16-31-24-10-6-5-9-22(23)24)18-11-13-21(14-12-18)34-17-20-8-4-3-7-19(20)15-30/h3-14,16,25-26,31H,17H2,1-2H3/t25-/m0/s1. The van der Waals surface area contributed by atoms with Gasteiger partial charge in [0.2, 0.25) is 0 Å². The number of nitrogens with one attached hydrogen (secondary N) is 1. The van der Waals surface area contributed by atoms with Crippen molar-refractivity contribution in [3.63, 3.8) is 0 Å². The highest BCUT2D eigenvalue weighted by Gasteiger charge is 2.48. The van der Waals surface area contributed by atoms with Crippen LogP contribution in [0.2, 0.25) is 0 Å². The van der Waals surface area contributed by atoms with E-state index in [1.54, 1.807) is 18.2 Å². The monoisotopic (exact) mass is 480 g/mol. The number of para-hydroxylation sites is 1. The van der Waals surface area contributed by atoms with Crippen molar-refractivity contribution in [3.8, 4) is 11.8 Å². The van der Waals surface area contributed by atoms with Crippen LogP contribution in [0, 0.1) is 17.2 Å². The van der Waals surface area contributed by atoms with Crippen LogP contribution in [0.5, 0.6) is 5.75 Å². The van der Waals surface area contributed by atoms with E-state index in [4.69, 9.17) is 14.2 Å². The Morgan fingerprint density at radius 3 is 2.36 bits per heavy atom. The highest BCUT2D eigenvalue weighted by Crippen LogP contribution is 2.41. The number of hydrogen-bond donors (Lipinski definition) is 1. The van der Waals surface area contributed by atoms with Crippen molar-refractivity contribution in [2.75, 3.05) is 0 Å². The largest absolute Gasteiger partial charge is 0.489 e. The molecule has 7 heteroatoms. The second kappa shape index (κ2) is 9.23. The molecule has 3 aromatic carbocycles. The van der Waals surface area contributed by atoms with Crippen LogP contribution in [0.1, 0.15) is 42.0 Å². The highest BCUT2D eigenvalue weighted by molar-refractivity contribution is 5.99. The molecule has 5 rings (SSSR count). The molecule has 2 heterocycles. The first-order valence-electron chi connectivity index (χ1n) is 11.6. The molecule has 0 amide bonds. The Balaban J connectivity index is 1.49. The molecule has 1 aromatic heterocycles. The molecule has 36 heavy (non-hydrogen) atoms. The molecular weight excluding hydrogens is 456 g/mol. The predicted molar refractivity (Wildman–Crippen MR) is 132 cm³/mol. The Kier molecular flexibility index (Phi) is 5.95. The lowest BCUT2D eigenvalue weighted by molar-refractivity contribution is -0.240. The number of nitrogens with zero attached hydrogens (tertiary/aromatic N) is 1. The molecule has 1 saturated heterocycles. The van der Waals surface area contributed by atoms with Gasteiger partial charge in [0.25, 0.3) is 5.79 Å². The Hall–Kier alpha value is -4.57. The predicted octanol–water partition coefficient (Wildman–Crippen LogP) is 5.20. The third-order valence-corrected chi connectivity index (χ3v) is 6.26. The minimum absolute atomic E-state index is 0.241. The third-order valence-electron chi connectivity index (χ3n) is 6.26. The number of cyclic esters (lactones) is 2. The number of nitriles is 1. The van der Waals surface area contributed by atoms with Crippen molar-refractivity contribution in [2.24, 2.45) is 5.92 Å². The quantitative estimate of drug-likeness (QED) is 0.301. The lowest BCUT2D eigenvalue weighted by Gasteiger charge is -2.36. The lowest BCUT2D eigenvalue weighted by Crippen LogP contribution is -2.48. The van der Waals surface area contributed by atoms with E-state index in [0.717, 1.165) is 27.6 Å². The maximum atomic E-state index is 13.1. The first-order chi connectivity index (χ1) is 17.4. The number of carbonyl (C=O) groups excluding carboxylic acids is 2. The van der Waals surface area contributed by atoms with Gasteiger partial charge in [0.05, 0.1) is 11.6 Å². The topological polar surface area (TPSA) is 101 Å². The molecule has 0 bridgehead atoms. The van der Waals surface area contributed by atoms with E-state index in [1.807, 2.05) is 60.8 Å². The van der Waals surface area contributed by atoms with Gasteiger partial charge >= 0.3 is 11.9 Å². The highest BCUT2D eigenvalue weighted by atomic mass is 16.7. The van der Waals surface area contributed by atoms with Crippen molar-refractivity contribution >= 4 is 22.8 Å². The van der Waals surface area contributed by atoms with E-state index in [1.165, 1.54) is 13.8 Å². The summed E-state index contributed by atoms with van der Waals surface area (Å²) in [6.07, 6.45) is 1.82. The zero-order valence-corrected chi connectivity index (χ0v) is 19.9. The Morgan fingerprint density at radius 1 is 0.972 bits per heavy atom. The van der Waals surface area contributed by atoms with Crippen LogP contribution in [0.25, 0.3) is 10.9 Å². The number of rotatable bonds is 6. The number of aromatic amines is 1. The Morgan fingerprint density at radius 2 is 1.64 bits per heavy atom. The van der Waals surface area contributed by atoms with Gasteiger partial charge < -0.3 is 19.2 Å². The summed E-state index contributed by atoms with van der Waals surface area (Å²) in [5, 5.41) is 10.2. The van der Waals surface area contributed by atoms with E-state index in [9.17, 15) is 14.9 Å². The van der Waals surface area contributed by atoms with E-state index in [2.05, 4.69) is 11.1 Å². The maximum absolute atomic E-state index is 13.1. The van der Waals surface area contributed by atoms with Gasteiger partial charge in [-0.15, -0.1) is 0 Å². The smallest absolute Gasteiger partial charge is 0.324 e. The molecule has 0 saturated carbocycles. The normalized spacial score (nSPS) is 16.1. The van der Waals surface area contributed by atoms with Gasteiger partial charge in [-0.2, -0.15) is 5.26 Å². The third kappa shape index (κ3) is 4.41. The number of esters is 2. The number of fused-ring (bicyclic) bond motifs is 1. The number of carbonyl (C=O) groups is 2. The Bertz CT molecular complexity index is 1460. The second-order valence-corrected chi connectivity index (χ2v) is 9.11. The van der Waals surface area contributed by atoms with Gasteiger partial charge in [-0.1, -0.05) is 48.5 Å². The molecule has 4 aromatic rings. The van der Waals surface area contributed by atoms with Crippen molar-refractivity contribution in [1.82, 2.24) is 4.98 Å². The number of aromatic nitrogens is 1. The van der Waals surface area contributed by atoms with Gasteiger partial charge in [0, 0.05) is 42.4 Å². The molecule has 0 aliphatic carbocycles. The summed E-state index contributed by atoms with van der Waals surface area (Å²) < 4.78 is 16.8. The summed E-state index contributed by atoms with van der Waals surface area (Å²) in [7, 11) is 0. The summed E-state index contributed by atoms with van der Waals surface area (Å²) in [6.45, 7) is 3.32. The van der Waals surface area contributed by atoms with Crippen LogP contribution < -0.4 is 4.74 Å². The molecule has 0 unspecified atom stereocenters. The van der Waals surface area contributed by atoms with E-state index < -0.39 is 29.6 Å². The molecule has 0 spiro atoms. The van der Waals surface area contributed by atoms with Gasteiger partial charge in [-0.05, 0) is 35.4 Å². The van der Waals surface area contributed by atoms with E-state index in [-0.39, 0.29) is 6.61 Å². The summed E-state index contributed by atoms with van der Waals surface area (Å²) in [4.78, 5) is 29.4. The molecule has 1 atom stereocenters. The number of benzene rings is 3. The zero-order valence-electron chi connectivity index (χ0n) is 19.9. The van der Waals surface area contributed by atoms with E-state index in [0.29, 0.717) is 11.3 Å². The molecule has 7 nitrogen and oxygen atoms in total. The fourth-order valence-corrected chi connectivity index (χ4v) is 4.59. The zero-order chi connectivity index (χ0) is 25.3.